The molecule has 0 bridgehead atoms. The van der Waals surface area contributed by atoms with Gasteiger partial charge in [0.1, 0.15) is 11.3 Å². The van der Waals surface area contributed by atoms with Crippen molar-refractivity contribution in [3.8, 4) is 0 Å². The van der Waals surface area contributed by atoms with Crippen LogP contribution in [-0.4, -0.2) is 52.5 Å². The van der Waals surface area contributed by atoms with E-state index in [1.54, 1.807) is 21.0 Å². The Hall–Kier alpha value is -1.40. The van der Waals surface area contributed by atoms with Crippen molar-refractivity contribution in [3.05, 3.63) is 17.0 Å². The molecule has 0 radical (unpaired) electrons. The molecule has 0 spiro atoms. The number of likely N-dealkylation sites (tertiary alicyclic amines) is 1. The highest BCUT2D eigenvalue weighted by Crippen LogP contribution is 2.43. The molecule has 3 atom stereocenters. The largest absolute Gasteiger partial charge is 0.393 e. The third-order valence-corrected chi connectivity index (χ3v) is 5.07. The highest BCUT2D eigenvalue weighted by atomic mass is 16.5. The predicted molar refractivity (Wildman–Crippen MR) is 75.0 cm³/mol. The summed E-state index contributed by atoms with van der Waals surface area (Å²) in [5, 5.41) is 13.8. The summed E-state index contributed by atoms with van der Waals surface area (Å²) in [5.74, 6) is 0.480. The molecule has 2 heterocycles. The minimum Gasteiger partial charge on any atom is -0.393 e. The van der Waals surface area contributed by atoms with E-state index in [-0.39, 0.29) is 23.7 Å². The van der Waals surface area contributed by atoms with E-state index < -0.39 is 0 Å². The molecule has 116 valence electrons. The van der Waals surface area contributed by atoms with E-state index in [1.807, 2.05) is 4.90 Å². The van der Waals surface area contributed by atoms with Gasteiger partial charge in [-0.1, -0.05) is 5.16 Å². The minimum absolute atomic E-state index is 0.0655. The zero-order valence-electron chi connectivity index (χ0n) is 12.8. The van der Waals surface area contributed by atoms with Gasteiger partial charge in [-0.2, -0.15) is 0 Å². The second-order valence-electron chi connectivity index (χ2n) is 6.16. The number of hydrogen-bond donors (Lipinski definition) is 1. The molecule has 3 rings (SSSR count). The average molecular weight is 294 g/mol. The van der Waals surface area contributed by atoms with Crippen LogP contribution in [0.4, 0.5) is 0 Å². The second-order valence-corrected chi connectivity index (χ2v) is 6.16. The Bertz CT molecular complexity index is 536. The number of aryl methyl sites for hydroxylation is 2. The minimum atomic E-state index is -0.364. The number of nitrogens with zero attached hydrogens (tertiary/aromatic N) is 2. The SMILES string of the molecule is CO[C@@]12CC[C@H](O)C[C@@H]1N(C(=O)c1c(C)noc1C)CC2. The molecule has 1 aliphatic carbocycles. The van der Waals surface area contributed by atoms with Crippen LogP contribution in [0.1, 0.15) is 47.5 Å². The summed E-state index contributed by atoms with van der Waals surface area (Å²) in [6.45, 7) is 4.18. The van der Waals surface area contributed by atoms with Gasteiger partial charge in [0.25, 0.3) is 5.91 Å². The van der Waals surface area contributed by atoms with Crippen molar-refractivity contribution in [3.63, 3.8) is 0 Å². The first kappa shape index (κ1) is 14.5. The summed E-state index contributed by atoms with van der Waals surface area (Å²) >= 11 is 0. The molecule has 1 saturated carbocycles. The van der Waals surface area contributed by atoms with Gasteiger partial charge in [0.2, 0.25) is 0 Å². The number of carbonyl (C=O) groups is 1. The maximum absolute atomic E-state index is 12.9. The van der Waals surface area contributed by atoms with Crippen molar-refractivity contribution in [2.75, 3.05) is 13.7 Å². The first-order valence-electron chi connectivity index (χ1n) is 7.45. The number of aliphatic hydroxyl groups is 1. The lowest BCUT2D eigenvalue weighted by Gasteiger charge is -2.42. The lowest BCUT2D eigenvalue weighted by Crippen LogP contribution is -2.52. The van der Waals surface area contributed by atoms with Gasteiger partial charge in [-0.05, 0) is 39.5 Å². The molecule has 1 aliphatic heterocycles. The Kier molecular flexibility index (Phi) is 3.53. The Morgan fingerprint density at radius 1 is 1.48 bits per heavy atom. The fourth-order valence-corrected chi connectivity index (χ4v) is 3.85. The van der Waals surface area contributed by atoms with Crippen molar-refractivity contribution in [1.82, 2.24) is 10.1 Å². The van der Waals surface area contributed by atoms with E-state index >= 15 is 0 Å². The van der Waals surface area contributed by atoms with Gasteiger partial charge in [-0.25, -0.2) is 0 Å². The Morgan fingerprint density at radius 2 is 2.24 bits per heavy atom. The Balaban J connectivity index is 1.91. The molecule has 1 amide bonds. The van der Waals surface area contributed by atoms with Gasteiger partial charge in [0, 0.05) is 13.7 Å². The van der Waals surface area contributed by atoms with E-state index in [1.165, 1.54) is 0 Å². The molecule has 1 aromatic rings. The molecule has 2 aliphatic rings. The van der Waals surface area contributed by atoms with Crippen LogP contribution in [0.15, 0.2) is 4.52 Å². The monoisotopic (exact) mass is 294 g/mol. The molecular formula is C15H22N2O4. The molecule has 0 unspecified atom stereocenters. The summed E-state index contributed by atoms with van der Waals surface area (Å²) < 4.78 is 10.9. The highest BCUT2D eigenvalue weighted by Gasteiger charge is 2.52. The van der Waals surface area contributed by atoms with Gasteiger partial charge in [0.05, 0.1) is 23.4 Å². The van der Waals surface area contributed by atoms with E-state index in [0.717, 1.165) is 19.3 Å². The lowest BCUT2D eigenvalue weighted by molar-refractivity contribution is -0.0824. The van der Waals surface area contributed by atoms with Crippen LogP contribution >= 0.6 is 0 Å². The summed E-state index contributed by atoms with van der Waals surface area (Å²) in [4.78, 5) is 14.7. The highest BCUT2D eigenvalue weighted by molar-refractivity contribution is 5.96. The fourth-order valence-electron chi connectivity index (χ4n) is 3.85. The van der Waals surface area contributed by atoms with Gasteiger partial charge >= 0.3 is 0 Å². The van der Waals surface area contributed by atoms with Crippen molar-refractivity contribution in [2.45, 2.75) is 57.3 Å². The van der Waals surface area contributed by atoms with Gasteiger partial charge in [-0.3, -0.25) is 4.79 Å². The Labute approximate surface area is 124 Å². The lowest BCUT2D eigenvalue weighted by atomic mass is 9.79. The number of fused-ring (bicyclic) bond motifs is 1. The van der Waals surface area contributed by atoms with Crippen molar-refractivity contribution >= 4 is 5.91 Å². The number of hydrogen-bond acceptors (Lipinski definition) is 5. The smallest absolute Gasteiger partial charge is 0.259 e. The van der Waals surface area contributed by atoms with Crippen LogP contribution in [-0.2, 0) is 4.74 Å². The first-order valence-corrected chi connectivity index (χ1v) is 7.45. The number of amides is 1. The van der Waals surface area contributed by atoms with Crippen LogP contribution in [0.25, 0.3) is 0 Å². The standard InChI is InChI=1S/C15H22N2O4/c1-9-13(10(2)21-16-9)14(19)17-7-6-15(20-3)5-4-11(18)8-12(15)17/h11-12,18H,4-8H2,1-3H3/t11-,12-,15+/m0/s1. The average Bonchev–Trinajstić information content (AvgIpc) is 2.99. The van der Waals surface area contributed by atoms with E-state index in [4.69, 9.17) is 9.26 Å². The van der Waals surface area contributed by atoms with Gasteiger partial charge in [0.15, 0.2) is 0 Å². The molecular weight excluding hydrogens is 272 g/mol. The molecule has 1 saturated heterocycles. The second kappa shape index (κ2) is 5.10. The van der Waals surface area contributed by atoms with Gasteiger partial charge in [-0.15, -0.1) is 0 Å². The molecule has 2 fully saturated rings. The first-order chi connectivity index (χ1) is 9.98. The third-order valence-electron chi connectivity index (χ3n) is 5.07. The summed E-state index contributed by atoms with van der Waals surface area (Å²) in [6.07, 6.45) is 2.55. The number of ether oxygens (including phenoxy) is 1. The maximum Gasteiger partial charge on any atom is 0.259 e. The third kappa shape index (κ3) is 2.17. The van der Waals surface area contributed by atoms with Gasteiger partial charge < -0.3 is 19.3 Å². The van der Waals surface area contributed by atoms with Crippen molar-refractivity contribution < 1.29 is 19.2 Å². The summed E-state index contributed by atoms with van der Waals surface area (Å²) in [5.41, 5.74) is 0.846. The number of aliphatic hydroxyl groups excluding tert-OH is 1. The van der Waals surface area contributed by atoms with E-state index in [0.29, 0.717) is 30.0 Å². The molecule has 1 aromatic heterocycles. The van der Waals surface area contributed by atoms with Crippen LogP contribution in [0.5, 0.6) is 0 Å². The number of methoxy groups -OCH3 is 1. The summed E-state index contributed by atoms with van der Waals surface area (Å²) in [7, 11) is 1.70. The molecule has 0 aromatic carbocycles. The quantitative estimate of drug-likeness (QED) is 0.893. The van der Waals surface area contributed by atoms with Crippen molar-refractivity contribution in [2.24, 2.45) is 0 Å². The fraction of sp³-hybridized carbons (Fsp3) is 0.733. The van der Waals surface area contributed by atoms with E-state index in [2.05, 4.69) is 5.16 Å². The number of rotatable bonds is 2. The topological polar surface area (TPSA) is 75.8 Å². The zero-order chi connectivity index (χ0) is 15.2. The van der Waals surface area contributed by atoms with Crippen LogP contribution < -0.4 is 0 Å². The molecule has 21 heavy (non-hydrogen) atoms. The zero-order valence-corrected chi connectivity index (χ0v) is 12.8. The number of aromatic nitrogens is 1. The molecule has 1 N–H and O–H groups in total. The predicted octanol–water partition coefficient (Wildman–Crippen LogP) is 1.44. The van der Waals surface area contributed by atoms with Crippen molar-refractivity contribution in [1.29, 1.82) is 0 Å². The van der Waals surface area contributed by atoms with E-state index in [9.17, 15) is 9.90 Å². The maximum atomic E-state index is 12.9. The van der Waals surface area contributed by atoms with Crippen LogP contribution in [0.2, 0.25) is 0 Å². The Morgan fingerprint density at radius 3 is 2.86 bits per heavy atom. The molecule has 6 nitrogen and oxygen atoms in total. The normalized spacial score (nSPS) is 32.3. The summed E-state index contributed by atoms with van der Waals surface area (Å²) in [6, 6.07) is -0.0764. The van der Waals surface area contributed by atoms with Crippen LogP contribution in [0, 0.1) is 13.8 Å². The van der Waals surface area contributed by atoms with Crippen LogP contribution in [0.3, 0.4) is 0 Å². The molecule has 6 heteroatoms. The number of carbonyl (C=O) groups excluding carboxylic acids is 1.